The highest BCUT2D eigenvalue weighted by molar-refractivity contribution is 5.27. The van der Waals surface area contributed by atoms with Gasteiger partial charge in [-0.2, -0.15) is 0 Å². The van der Waals surface area contributed by atoms with E-state index in [0.29, 0.717) is 6.04 Å². The van der Waals surface area contributed by atoms with Gasteiger partial charge < -0.3 is 5.32 Å². The van der Waals surface area contributed by atoms with Crippen molar-refractivity contribution in [2.45, 2.75) is 57.7 Å². The molecule has 0 bridgehead atoms. The standard InChI is InChI=1S/C16H25N3/c1-13(2)18-16(6-7-16)15-11-14(5-8-17-15)12-19-9-3-4-10-19/h5,8,11,13,18H,3-4,6-7,9-10,12H2,1-2H3. The molecule has 0 amide bonds. The average molecular weight is 259 g/mol. The number of pyridine rings is 1. The first-order valence-corrected chi connectivity index (χ1v) is 7.63. The SMILES string of the molecule is CC(C)NC1(c2cc(CN3CCCC3)ccn2)CC1. The minimum Gasteiger partial charge on any atom is -0.304 e. The van der Waals surface area contributed by atoms with Crippen molar-refractivity contribution in [1.29, 1.82) is 0 Å². The van der Waals surface area contributed by atoms with E-state index in [1.807, 2.05) is 6.20 Å². The van der Waals surface area contributed by atoms with Crippen molar-refractivity contribution < 1.29 is 0 Å². The molecule has 3 nitrogen and oxygen atoms in total. The highest BCUT2D eigenvalue weighted by Crippen LogP contribution is 2.45. The molecule has 1 N–H and O–H groups in total. The van der Waals surface area contributed by atoms with E-state index >= 15 is 0 Å². The van der Waals surface area contributed by atoms with Gasteiger partial charge in [0.2, 0.25) is 0 Å². The van der Waals surface area contributed by atoms with Crippen molar-refractivity contribution in [2.75, 3.05) is 13.1 Å². The summed E-state index contributed by atoms with van der Waals surface area (Å²) in [5.41, 5.74) is 2.84. The zero-order valence-corrected chi connectivity index (χ0v) is 12.2. The molecule has 0 radical (unpaired) electrons. The third-order valence-electron chi connectivity index (χ3n) is 4.23. The van der Waals surface area contributed by atoms with Crippen molar-refractivity contribution >= 4 is 0 Å². The molecule has 1 aromatic heterocycles. The van der Waals surface area contributed by atoms with Gasteiger partial charge in [0.25, 0.3) is 0 Å². The van der Waals surface area contributed by atoms with Crippen molar-refractivity contribution in [3.63, 3.8) is 0 Å². The fourth-order valence-electron chi connectivity index (χ4n) is 3.19. The number of nitrogens with one attached hydrogen (secondary N) is 1. The first-order chi connectivity index (χ1) is 9.18. The van der Waals surface area contributed by atoms with Crippen molar-refractivity contribution in [2.24, 2.45) is 0 Å². The Kier molecular flexibility index (Phi) is 3.59. The highest BCUT2D eigenvalue weighted by Gasteiger charge is 2.45. The van der Waals surface area contributed by atoms with E-state index in [-0.39, 0.29) is 5.54 Å². The summed E-state index contributed by atoms with van der Waals surface area (Å²) in [5, 5.41) is 3.69. The van der Waals surface area contributed by atoms with Crippen LogP contribution in [-0.2, 0) is 12.1 Å². The fraction of sp³-hybridized carbons (Fsp3) is 0.688. The maximum atomic E-state index is 4.62. The zero-order chi connectivity index (χ0) is 13.3. The molecule has 1 aromatic rings. The Balaban J connectivity index is 1.72. The second-order valence-corrected chi connectivity index (χ2v) is 6.41. The van der Waals surface area contributed by atoms with Crippen LogP contribution in [0.15, 0.2) is 18.3 Å². The summed E-state index contributed by atoms with van der Waals surface area (Å²) in [5.74, 6) is 0. The van der Waals surface area contributed by atoms with Gasteiger partial charge in [0, 0.05) is 18.8 Å². The molecular formula is C16H25N3. The number of hydrogen-bond donors (Lipinski definition) is 1. The van der Waals surface area contributed by atoms with Gasteiger partial charge in [-0.05, 0) is 70.3 Å². The van der Waals surface area contributed by atoms with E-state index in [1.165, 1.54) is 50.0 Å². The minimum absolute atomic E-state index is 0.176. The quantitative estimate of drug-likeness (QED) is 0.881. The van der Waals surface area contributed by atoms with Gasteiger partial charge in [-0.1, -0.05) is 0 Å². The summed E-state index contributed by atoms with van der Waals surface area (Å²) in [6, 6.07) is 5.01. The lowest BCUT2D eigenvalue weighted by atomic mass is 10.1. The highest BCUT2D eigenvalue weighted by atomic mass is 15.1. The summed E-state index contributed by atoms with van der Waals surface area (Å²) in [6.07, 6.45) is 7.16. The Labute approximate surface area is 116 Å². The molecule has 104 valence electrons. The molecule has 0 spiro atoms. The molecule has 3 heteroatoms. The van der Waals surface area contributed by atoms with Gasteiger partial charge in [0.05, 0.1) is 11.2 Å². The van der Waals surface area contributed by atoms with Crippen LogP contribution in [0.3, 0.4) is 0 Å². The van der Waals surface area contributed by atoms with Crippen LogP contribution in [0.2, 0.25) is 0 Å². The summed E-state index contributed by atoms with van der Waals surface area (Å²) in [7, 11) is 0. The molecule has 2 aliphatic rings. The summed E-state index contributed by atoms with van der Waals surface area (Å²) in [6.45, 7) is 8.04. The van der Waals surface area contributed by atoms with Crippen LogP contribution in [0, 0.1) is 0 Å². The Morgan fingerprint density at radius 2 is 2.05 bits per heavy atom. The molecule has 0 atom stereocenters. The number of rotatable bonds is 5. The third kappa shape index (κ3) is 2.98. The summed E-state index contributed by atoms with van der Waals surface area (Å²) >= 11 is 0. The third-order valence-corrected chi connectivity index (χ3v) is 4.23. The predicted molar refractivity (Wildman–Crippen MR) is 77.9 cm³/mol. The Bertz CT molecular complexity index is 431. The number of likely N-dealkylation sites (tertiary alicyclic amines) is 1. The van der Waals surface area contributed by atoms with E-state index in [2.05, 4.69) is 41.2 Å². The van der Waals surface area contributed by atoms with E-state index in [4.69, 9.17) is 0 Å². The first kappa shape index (κ1) is 13.1. The Morgan fingerprint density at radius 1 is 1.32 bits per heavy atom. The van der Waals surface area contributed by atoms with Crippen LogP contribution >= 0.6 is 0 Å². The molecule has 0 aromatic carbocycles. The van der Waals surface area contributed by atoms with Gasteiger partial charge in [-0.15, -0.1) is 0 Å². The lowest BCUT2D eigenvalue weighted by molar-refractivity contribution is 0.331. The van der Waals surface area contributed by atoms with Crippen LogP contribution in [0.5, 0.6) is 0 Å². The second-order valence-electron chi connectivity index (χ2n) is 6.41. The number of aromatic nitrogens is 1. The second kappa shape index (κ2) is 5.22. The van der Waals surface area contributed by atoms with E-state index in [9.17, 15) is 0 Å². The largest absolute Gasteiger partial charge is 0.304 e. The first-order valence-electron chi connectivity index (χ1n) is 7.63. The van der Waals surface area contributed by atoms with Crippen molar-refractivity contribution in [3.05, 3.63) is 29.6 Å². The lowest BCUT2D eigenvalue weighted by Gasteiger charge is -2.21. The minimum atomic E-state index is 0.176. The molecule has 1 aliphatic heterocycles. The maximum absolute atomic E-state index is 4.62. The Morgan fingerprint density at radius 3 is 2.68 bits per heavy atom. The Hall–Kier alpha value is -0.930. The van der Waals surface area contributed by atoms with Crippen LogP contribution < -0.4 is 5.32 Å². The number of nitrogens with zero attached hydrogens (tertiary/aromatic N) is 2. The molecule has 3 rings (SSSR count). The zero-order valence-electron chi connectivity index (χ0n) is 12.2. The predicted octanol–water partition coefficient (Wildman–Crippen LogP) is 2.66. The van der Waals surface area contributed by atoms with Gasteiger partial charge in [0.1, 0.15) is 0 Å². The topological polar surface area (TPSA) is 28.2 Å². The molecule has 0 unspecified atom stereocenters. The number of hydrogen-bond acceptors (Lipinski definition) is 3. The van der Waals surface area contributed by atoms with Crippen LogP contribution in [-0.4, -0.2) is 29.0 Å². The summed E-state index contributed by atoms with van der Waals surface area (Å²) in [4.78, 5) is 7.17. The van der Waals surface area contributed by atoms with E-state index < -0.39 is 0 Å². The molecule has 1 aliphatic carbocycles. The molecule has 2 fully saturated rings. The molecule has 2 heterocycles. The maximum Gasteiger partial charge on any atom is 0.0612 e. The molecule has 1 saturated carbocycles. The van der Waals surface area contributed by atoms with E-state index in [1.54, 1.807) is 0 Å². The van der Waals surface area contributed by atoms with Gasteiger partial charge in [0.15, 0.2) is 0 Å². The van der Waals surface area contributed by atoms with Crippen LogP contribution in [0.4, 0.5) is 0 Å². The van der Waals surface area contributed by atoms with Crippen molar-refractivity contribution in [3.8, 4) is 0 Å². The average Bonchev–Trinajstić information content (AvgIpc) is 2.97. The smallest absolute Gasteiger partial charge is 0.0612 e. The normalized spacial score (nSPS) is 22.1. The van der Waals surface area contributed by atoms with Gasteiger partial charge in [-0.25, -0.2) is 0 Å². The van der Waals surface area contributed by atoms with Crippen LogP contribution in [0.1, 0.15) is 50.8 Å². The summed E-state index contributed by atoms with van der Waals surface area (Å²) < 4.78 is 0. The molecule has 1 saturated heterocycles. The van der Waals surface area contributed by atoms with E-state index in [0.717, 1.165) is 6.54 Å². The van der Waals surface area contributed by atoms with Gasteiger partial charge in [-0.3, -0.25) is 9.88 Å². The molecular weight excluding hydrogens is 234 g/mol. The lowest BCUT2D eigenvalue weighted by Crippen LogP contribution is -2.35. The fourth-order valence-corrected chi connectivity index (χ4v) is 3.19. The van der Waals surface area contributed by atoms with Crippen molar-refractivity contribution in [1.82, 2.24) is 15.2 Å². The monoisotopic (exact) mass is 259 g/mol. The van der Waals surface area contributed by atoms with Gasteiger partial charge >= 0.3 is 0 Å². The molecule has 19 heavy (non-hydrogen) atoms. The van der Waals surface area contributed by atoms with Crippen LogP contribution in [0.25, 0.3) is 0 Å².